The van der Waals surface area contributed by atoms with E-state index in [0.717, 1.165) is 29.5 Å². The van der Waals surface area contributed by atoms with Gasteiger partial charge in [0.2, 0.25) is 5.91 Å². The predicted molar refractivity (Wildman–Crippen MR) is 97.5 cm³/mol. The van der Waals surface area contributed by atoms with Crippen LogP contribution in [0.3, 0.4) is 0 Å². The van der Waals surface area contributed by atoms with E-state index in [9.17, 15) is 4.79 Å². The molecule has 1 fully saturated rings. The molecule has 6 heteroatoms. The van der Waals surface area contributed by atoms with Crippen molar-refractivity contribution >= 4 is 28.8 Å². The molecule has 1 atom stereocenters. The van der Waals surface area contributed by atoms with Gasteiger partial charge in [0, 0.05) is 36.1 Å². The Kier molecular flexibility index (Phi) is 6.26. The lowest BCUT2D eigenvalue weighted by Gasteiger charge is -2.33. The molecular formula is C18H21ClN2O2S. The molecule has 1 amide bonds. The topological polar surface area (TPSA) is 41.6 Å². The van der Waals surface area contributed by atoms with Crippen LogP contribution in [0.25, 0.3) is 0 Å². The van der Waals surface area contributed by atoms with E-state index in [1.165, 1.54) is 5.56 Å². The minimum atomic E-state index is 0.0326. The first-order chi connectivity index (χ1) is 11.7. The van der Waals surface area contributed by atoms with Gasteiger partial charge in [-0.3, -0.25) is 9.69 Å². The maximum Gasteiger partial charge on any atom is 0.225 e. The number of hydrogen-bond acceptors (Lipinski definition) is 4. The second kappa shape index (κ2) is 8.62. The van der Waals surface area contributed by atoms with Gasteiger partial charge in [0.05, 0.1) is 19.1 Å². The van der Waals surface area contributed by atoms with Crippen LogP contribution in [0, 0.1) is 0 Å². The van der Waals surface area contributed by atoms with Gasteiger partial charge in [0.1, 0.15) is 0 Å². The molecule has 128 valence electrons. The molecule has 1 aromatic heterocycles. The molecule has 1 aliphatic rings. The number of nitrogens with zero attached hydrogens (tertiary/aromatic N) is 1. The Morgan fingerprint density at radius 2 is 2.29 bits per heavy atom. The Morgan fingerprint density at radius 3 is 3.08 bits per heavy atom. The van der Waals surface area contributed by atoms with Crippen LogP contribution in [-0.2, 0) is 22.5 Å². The number of hydrogen-bond donors (Lipinski definition) is 1. The second-order valence-corrected chi connectivity index (χ2v) is 7.39. The molecule has 2 heterocycles. The molecule has 1 N–H and O–H groups in total. The maximum absolute atomic E-state index is 12.0. The van der Waals surface area contributed by atoms with Crippen LogP contribution in [-0.4, -0.2) is 43.2 Å². The number of morpholine rings is 1. The number of carbonyl (C=O) groups excluding carboxylic acids is 1. The Hall–Kier alpha value is -1.40. The number of thiophene rings is 1. The minimum absolute atomic E-state index is 0.0326. The Morgan fingerprint density at radius 1 is 1.38 bits per heavy atom. The molecule has 1 saturated heterocycles. The van der Waals surface area contributed by atoms with Crippen LogP contribution in [0.2, 0.25) is 5.02 Å². The van der Waals surface area contributed by atoms with E-state index in [1.54, 1.807) is 11.3 Å². The fourth-order valence-electron chi connectivity index (χ4n) is 2.80. The van der Waals surface area contributed by atoms with Crippen LogP contribution in [0.1, 0.15) is 10.4 Å². The van der Waals surface area contributed by atoms with Crippen LogP contribution in [0.5, 0.6) is 0 Å². The molecule has 24 heavy (non-hydrogen) atoms. The molecule has 2 aromatic rings. The average molecular weight is 365 g/mol. The fourth-order valence-corrected chi connectivity index (χ4v) is 3.72. The van der Waals surface area contributed by atoms with Crippen molar-refractivity contribution < 1.29 is 9.53 Å². The van der Waals surface area contributed by atoms with Crippen molar-refractivity contribution in [3.05, 3.63) is 57.2 Å². The lowest BCUT2D eigenvalue weighted by molar-refractivity contribution is -0.121. The normalized spacial score (nSPS) is 18.5. The second-order valence-electron chi connectivity index (χ2n) is 5.92. The summed E-state index contributed by atoms with van der Waals surface area (Å²) < 4.78 is 5.78. The summed E-state index contributed by atoms with van der Waals surface area (Å²) in [6.07, 6.45) is 0.474. The van der Waals surface area contributed by atoms with Crippen molar-refractivity contribution in [1.82, 2.24) is 10.2 Å². The zero-order valence-corrected chi connectivity index (χ0v) is 15.0. The number of rotatable bonds is 6. The lowest BCUT2D eigenvalue weighted by Crippen LogP contribution is -2.47. The zero-order valence-electron chi connectivity index (χ0n) is 13.4. The SMILES string of the molecule is O=C(Cc1cccs1)NC[C@H]1CN(Cc2cccc(Cl)c2)CCO1. The number of halogens is 1. The first-order valence-electron chi connectivity index (χ1n) is 8.06. The van der Waals surface area contributed by atoms with Crippen molar-refractivity contribution in [2.75, 3.05) is 26.2 Å². The van der Waals surface area contributed by atoms with Crippen molar-refractivity contribution in [2.24, 2.45) is 0 Å². The van der Waals surface area contributed by atoms with E-state index < -0.39 is 0 Å². The fraction of sp³-hybridized carbons (Fsp3) is 0.389. The summed E-state index contributed by atoms with van der Waals surface area (Å²) in [5.41, 5.74) is 1.20. The highest BCUT2D eigenvalue weighted by atomic mass is 35.5. The van der Waals surface area contributed by atoms with Crippen molar-refractivity contribution in [3.8, 4) is 0 Å². The van der Waals surface area contributed by atoms with E-state index in [-0.39, 0.29) is 12.0 Å². The summed E-state index contributed by atoms with van der Waals surface area (Å²) in [7, 11) is 0. The van der Waals surface area contributed by atoms with E-state index >= 15 is 0 Å². The van der Waals surface area contributed by atoms with E-state index in [0.29, 0.717) is 19.6 Å². The maximum atomic E-state index is 12.0. The quantitative estimate of drug-likeness (QED) is 0.856. The molecule has 1 aromatic carbocycles. The highest BCUT2D eigenvalue weighted by Gasteiger charge is 2.21. The highest BCUT2D eigenvalue weighted by Crippen LogP contribution is 2.15. The number of benzene rings is 1. The van der Waals surface area contributed by atoms with Gasteiger partial charge in [0.15, 0.2) is 0 Å². The Bertz CT molecular complexity index is 663. The van der Waals surface area contributed by atoms with Gasteiger partial charge in [0.25, 0.3) is 0 Å². The molecular weight excluding hydrogens is 344 g/mol. The third kappa shape index (κ3) is 5.31. The van der Waals surface area contributed by atoms with Gasteiger partial charge >= 0.3 is 0 Å². The van der Waals surface area contributed by atoms with Gasteiger partial charge in [-0.25, -0.2) is 0 Å². The first kappa shape index (κ1) is 17.4. The highest BCUT2D eigenvalue weighted by molar-refractivity contribution is 7.10. The third-order valence-electron chi connectivity index (χ3n) is 3.96. The van der Waals surface area contributed by atoms with E-state index in [1.807, 2.05) is 35.7 Å². The third-order valence-corrected chi connectivity index (χ3v) is 5.07. The summed E-state index contributed by atoms with van der Waals surface area (Å²) in [5, 5.41) is 5.73. The van der Waals surface area contributed by atoms with Gasteiger partial charge in [-0.15, -0.1) is 11.3 Å². The van der Waals surface area contributed by atoms with Gasteiger partial charge in [-0.1, -0.05) is 29.8 Å². The Balaban J connectivity index is 1.44. The summed E-state index contributed by atoms with van der Waals surface area (Å²) in [6, 6.07) is 11.9. The first-order valence-corrected chi connectivity index (χ1v) is 9.32. The smallest absolute Gasteiger partial charge is 0.225 e. The largest absolute Gasteiger partial charge is 0.374 e. The molecule has 0 saturated carbocycles. The van der Waals surface area contributed by atoms with Crippen LogP contribution in [0.15, 0.2) is 41.8 Å². The molecule has 4 nitrogen and oxygen atoms in total. The standard InChI is InChI=1S/C18H21ClN2O2S/c19-15-4-1-3-14(9-15)12-21-6-7-23-16(13-21)11-20-18(22)10-17-5-2-8-24-17/h1-5,8-9,16H,6-7,10-13H2,(H,20,22)/t16-/m0/s1. The lowest BCUT2D eigenvalue weighted by atomic mass is 10.2. The average Bonchev–Trinajstić information content (AvgIpc) is 3.06. The van der Waals surface area contributed by atoms with E-state index in [4.69, 9.17) is 16.3 Å². The van der Waals surface area contributed by atoms with Crippen molar-refractivity contribution in [2.45, 2.75) is 19.1 Å². The molecule has 1 aliphatic heterocycles. The number of carbonyl (C=O) groups is 1. The van der Waals surface area contributed by atoms with E-state index in [2.05, 4.69) is 16.3 Å². The zero-order chi connectivity index (χ0) is 16.8. The summed E-state index contributed by atoms with van der Waals surface area (Å²) in [5.74, 6) is 0.0491. The van der Waals surface area contributed by atoms with Crippen molar-refractivity contribution in [3.63, 3.8) is 0 Å². The van der Waals surface area contributed by atoms with Gasteiger partial charge in [-0.05, 0) is 29.1 Å². The molecule has 3 rings (SSSR count). The van der Waals surface area contributed by atoms with Crippen molar-refractivity contribution in [1.29, 1.82) is 0 Å². The van der Waals surface area contributed by atoms with Crippen LogP contribution < -0.4 is 5.32 Å². The monoisotopic (exact) mass is 364 g/mol. The summed E-state index contributed by atoms with van der Waals surface area (Å²) in [4.78, 5) is 15.4. The molecule has 0 spiro atoms. The molecule has 0 unspecified atom stereocenters. The molecule has 0 radical (unpaired) electrons. The number of amides is 1. The van der Waals surface area contributed by atoms with Crippen LogP contribution >= 0.6 is 22.9 Å². The van der Waals surface area contributed by atoms with Gasteiger partial charge < -0.3 is 10.1 Å². The summed E-state index contributed by atoms with van der Waals surface area (Å²) in [6.45, 7) is 3.80. The number of nitrogens with one attached hydrogen (secondary N) is 1. The molecule has 0 aliphatic carbocycles. The van der Waals surface area contributed by atoms with Gasteiger partial charge in [-0.2, -0.15) is 0 Å². The predicted octanol–water partition coefficient (Wildman–Crippen LogP) is 2.96. The van der Waals surface area contributed by atoms with Crippen LogP contribution in [0.4, 0.5) is 0 Å². The molecule has 0 bridgehead atoms. The number of ether oxygens (including phenoxy) is 1. The summed E-state index contributed by atoms with van der Waals surface area (Å²) >= 11 is 7.65. The minimum Gasteiger partial charge on any atom is -0.374 e. The Labute approximate surface area is 151 Å².